The first-order valence-corrected chi connectivity index (χ1v) is 8.75. The number of hydrogen-bond donors (Lipinski definition) is 1. The third-order valence-corrected chi connectivity index (χ3v) is 4.94. The smallest absolute Gasteiger partial charge is 0.255 e. The maximum absolute atomic E-state index is 12.8. The van der Waals surface area contributed by atoms with Gasteiger partial charge in [0, 0.05) is 29.2 Å². The number of hydrogen-bond acceptors (Lipinski definition) is 5. The summed E-state index contributed by atoms with van der Waals surface area (Å²) in [4.78, 5) is 28.2. The van der Waals surface area contributed by atoms with Crippen LogP contribution in [0.15, 0.2) is 46.8 Å². The van der Waals surface area contributed by atoms with Crippen molar-refractivity contribution < 1.29 is 19.0 Å². The van der Waals surface area contributed by atoms with Crippen molar-refractivity contribution in [2.24, 2.45) is 0 Å². The molecular formula is C22H19NO5. The number of allylic oxidation sites excluding steroid dienone is 1. The van der Waals surface area contributed by atoms with Crippen molar-refractivity contribution >= 4 is 22.8 Å². The molecule has 3 aromatic rings. The van der Waals surface area contributed by atoms with Gasteiger partial charge in [-0.3, -0.25) is 9.59 Å². The van der Waals surface area contributed by atoms with Gasteiger partial charge in [-0.25, -0.2) is 0 Å². The normalized spacial score (nSPS) is 14.4. The van der Waals surface area contributed by atoms with Gasteiger partial charge in [0.1, 0.15) is 5.75 Å². The lowest BCUT2D eigenvalue weighted by molar-refractivity contribution is 0.104. The number of aromatic amines is 1. The topological polar surface area (TPSA) is 77.6 Å². The quantitative estimate of drug-likeness (QED) is 0.706. The Kier molecular flexibility index (Phi) is 4.39. The zero-order valence-electron chi connectivity index (χ0n) is 15.8. The highest BCUT2D eigenvalue weighted by molar-refractivity contribution is 6.16. The van der Waals surface area contributed by atoms with Crippen LogP contribution in [0, 0.1) is 0 Å². The Bertz CT molecular complexity index is 1190. The largest absolute Gasteiger partial charge is 0.497 e. The molecule has 28 heavy (non-hydrogen) atoms. The summed E-state index contributed by atoms with van der Waals surface area (Å²) in [6.07, 6.45) is 2.10. The van der Waals surface area contributed by atoms with E-state index in [2.05, 4.69) is 4.98 Å². The number of carbonyl (C=O) groups excluding carboxylic acids is 1. The van der Waals surface area contributed by atoms with Crippen LogP contribution in [0.25, 0.3) is 17.0 Å². The third-order valence-electron chi connectivity index (χ3n) is 4.94. The molecule has 0 unspecified atom stereocenters. The Hall–Kier alpha value is -3.54. The third kappa shape index (κ3) is 2.93. The van der Waals surface area contributed by atoms with Crippen molar-refractivity contribution in [2.75, 3.05) is 21.3 Å². The predicted molar refractivity (Wildman–Crippen MR) is 107 cm³/mol. The van der Waals surface area contributed by atoms with Crippen molar-refractivity contribution in [3.05, 3.63) is 69.0 Å². The van der Waals surface area contributed by atoms with Gasteiger partial charge >= 0.3 is 0 Å². The Balaban J connectivity index is 1.76. The van der Waals surface area contributed by atoms with Crippen LogP contribution in [-0.4, -0.2) is 32.1 Å². The van der Waals surface area contributed by atoms with Gasteiger partial charge in [-0.1, -0.05) is 0 Å². The molecule has 0 amide bonds. The van der Waals surface area contributed by atoms with Gasteiger partial charge in [-0.15, -0.1) is 0 Å². The second-order valence-electron chi connectivity index (χ2n) is 6.55. The number of rotatable bonds is 4. The summed E-state index contributed by atoms with van der Waals surface area (Å²) in [5.74, 6) is 1.64. The number of methoxy groups -OCH3 is 3. The van der Waals surface area contributed by atoms with Gasteiger partial charge in [-0.05, 0) is 47.4 Å². The lowest BCUT2D eigenvalue weighted by Crippen LogP contribution is -2.10. The molecule has 1 heterocycles. The van der Waals surface area contributed by atoms with Gasteiger partial charge in [0.25, 0.3) is 5.56 Å². The van der Waals surface area contributed by atoms with Crippen molar-refractivity contribution in [3.63, 3.8) is 0 Å². The number of aromatic nitrogens is 1. The fourth-order valence-electron chi connectivity index (χ4n) is 3.47. The van der Waals surface area contributed by atoms with Gasteiger partial charge < -0.3 is 19.2 Å². The second-order valence-corrected chi connectivity index (χ2v) is 6.55. The average Bonchev–Trinajstić information content (AvgIpc) is 3.01. The minimum absolute atomic E-state index is 0.106. The molecule has 0 radical (unpaired) electrons. The Morgan fingerprint density at radius 3 is 2.39 bits per heavy atom. The molecule has 0 atom stereocenters. The molecule has 1 N–H and O–H groups in total. The van der Waals surface area contributed by atoms with E-state index >= 15 is 0 Å². The molecule has 0 saturated carbocycles. The van der Waals surface area contributed by atoms with E-state index in [1.54, 1.807) is 38.5 Å². The van der Waals surface area contributed by atoms with Crippen molar-refractivity contribution in [1.82, 2.24) is 4.98 Å². The molecular weight excluding hydrogens is 358 g/mol. The van der Waals surface area contributed by atoms with Crippen LogP contribution in [0.2, 0.25) is 0 Å². The summed E-state index contributed by atoms with van der Waals surface area (Å²) in [6.45, 7) is 0. The van der Waals surface area contributed by atoms with Crippen LogP contribution in [-0.2, 0) is 6.42 Å². The van der Waals surface area contributed by atoms with E-state index in [1.807, 2.05) is 18.2 Å². The van der Waals surface area contributed by atoms with E-state index in [0.717, 1.165) is 10.9 Å². The van der Waals surface area contributed by atoms with E-state index in [1.165, 1.54) is 7.11 Å². The van der Waals surface area contributed by atoms with E-state index in [0.29, 0.717) is 45.9 Å². The van der Waals surface area contributed by atoms with Crippen LogP contribution in [0.3, 0.4) is 0 Å². The van der Waals surface area contributed by atoms with E-state index in [-0.39, 0.29) is 11.3 Å². The summed E-state index contributed by atoms with van der Waals surface area (Å²) >= 11 is 0. The van der Waals surface area contributed by atoms with Crippen LogP contribution >= 0.6 is 0 Å². The Labute approximate surface area is 161 Å². The summed E-state index contributed by atoms with van der Waals surface area (Å²) in [5, 5.41) is 0.860. The number of ether oxygens (including phenoxy) is 3. The summed E-state index contributed by atoms with van der Waals surface area (Å²) in [7, 11) is 4.66. The second kappa shape index (κ2) is 6.88. The highest BCUT2D eigenvalue weighted by atomic mass is 16.5. The molecule has 1 aromatic heterocycles. The van der Waals surface area contributed by atoms with Crippen LogP contribution in [0.1, 0.15) is 21.5 Å². The first-order valence-electron chi connectivity index (χ1n) is 8.75. The first kappa shape index (κ1) is 17.9. The molecule has 2 aromatic carbocycles. The summed E-state index contributed by atoms with van der Waals surface area (Å²) < 4.78 is 15.8. The van der Waals surface area contributed by atoms with Crippen molar-refractivity contribution in [3.8, 4) is 17.2 Å². The molecule has 0 spiro atoms. The number of H-pyrrole nitrogens is 1. The molecule has 1 aliphatic carbocycles. The van der Waals surface area contributed by atoms with Gasteiger partial charge in [-0.2, -0.15) is 0 Å². The van der Waals surface area contributed by atoms with E-state index in [4.69, 9.17) is 14.2 Å². The Morgan fingerprint density at radius 1 is 0.929 bits per heavy atom. The summed E-state index contributed by atoms with van der Waals surface area (Å²) in [5.41, 5.74) is 2.85. The number of ketones is 1. The van der Waals surface area contributed by atoms with E-state index < -0.39 is 0 Å². The standard InChI is InChI=1S/C22H19NO5/c1-26-16-5-4-12-6-15(22(25)23-18(12)10-16)8-14-7-13-9-19(27-2)20(28-3)11-17(13)21(14)24/h4-6,8-11H,7H2,1-3H3,(H,23,25)/b14-8+. The number of benzene rings is 2. The van der Waals surface area contributed by atoms with Crippen LogP contribution in [0.4, 0.5) is 0 Å². The van der Waals surface area contributed by atoms with Gasteiger partial charge in [0.2, 0.25) is 0 Å². The lowest BCUT2D eigenvalue weighted by atomic mass is 10.1. The van der Waals surface area contributed by atoms with E-state index in [9.17, 15) is 9.59 Å². The molecule has 0 saturated heterocycles. The number of Topliss-reactive ketones (excluding diaryl/α,β-unsaturated/α-hetero) is 1. The molecule has 0 fully saturated rings. The lowest BCUT2D eigenvalue weighted by Gasteiger charge is -2.08. The fourth-order valence-corrected chi connectivity index (χ4v) is 3.47. The minimum atomic E-state index is -0.257. The monoisotopic (exact) mass is 377 g/mol. The van der Waals surface area contributed by atoms with Crippen molar-refractivity contribution in [2.45, 2.75) is 6.42 Å². The van der Waals surface area contributed by atoms with Gasteiger partial charge in [0.15, 0.2) is 17.3 Å². The average molecular weight is 377 g/mol. The highest BCUT2D eigenvalue weighted by Crippen LogP contribution is 2.37. The molecule has 6 heteroatoms. The molecule has 0 bridgehead atoms. The molecule has 142 valence electrons. The minimum Gasteiger partial charge on any atom is -0.497 e. The predicted octanol–water partition coefficient (Wildman–Crippen LogP) is 3.38. The summed E-state index contributed by atoms with van der Waals surface area (Å²) in [6, 6.07) is 10.7. The van der Waals surface area contributed by atoms with Crippen molar-refractivity contribution in [1.29, 1.82) is 0 Å². The SMILES string of the molecule is COc1ccc2cc(/C=C3\Cc4cc(OC)c(OC)cc4C3=O)c(=O)[nH]c2c1. The molecule has 4 rings (SSSR count). The fraction of sp³-hybridized carbons (Fsp3) is 0.182. The van der Waals surface area contributed by atoms with Crippen LogP contribution in [0.5, 0.6) is 17.2 Å². The molecule has 0 aliphatic heterocycles. The number of fused-ring (bicyclic) bond motifs is 2. The zero-order valence-corrected chi connectivity index (χ0v) is 15.8. The molecule has 1 aliphatic rings. The van der Waals surface area contributed by atoms with Crippen LogP contribution < -0.4 is 19.8 Å². The number of carbonyl (C=O) groups is 1. The number of pyridine rings is 1. The maximum Gasteiger partial charge on any atom is 0.255 e. The molecule has 6 nitrogen and oxygen atoms in total. The first-order chi connectivity index (χ1) is 13.5. The Morgan fingerprint density at radius 2 is 1.68 bits per heavy atom. The number of nitrogens with one attached hydrogen (secondary N) is 1. The zero-order chi connectivity index (χ0) is 19.8. The maximum atomic E-state index is 12.8. The highest BCUT2D eigenvalue weighted by Gasteiger charge is 2.27. The van der Waals surface area contributed by atoms with Gasteiger partial charge in [0.05, 0.1) is 26.8 Å².